The minimum atomic E-state index is 0.00967. The topological polar surface area (TPSA) is 62.2 Å². The minimum absolute atomic E-state index is 0.00967. The van der Waals surface area contributed by atoms with Crippen molar-refractivity contribution in [2.24, 2.45) is 5.92 Å². The second-order valence-electron chi connectivity index (χ2n) is 8.07. The number of nitrogens with zero attached hydrogens (tertiary/aromatic N) is 5. The Morgan fingerprint density at radius 3 is 2.64 bits per heavy atom. The molecule has 2 unspecified atom stereocenters. The Balaban J connectivity index is 1.51. The number of carbonyl (C=O) groups excluding carboxylic acids is 1. The molecular weight excluding hydrogens is 350 g/mol. The maximum absolute atomic E-state index is 13.5. The standard InChI is InChI=1S/C22H29N5O/c1-16-13-17(2)25-22(24-16)26-11-6-8-19(15-26)21(28)27-12-4-3-9-20(27)18-7-5-10-23-14-18/h5,7,10,13-14,19-20H,3-4,6,8-9,11-12,15H2,1-2H3. The molecule has 0 aliphatic carbocycles. The van der Waals surface area contributed by atoms with Gasteiger partial charge in [0.15, 0.2) is 0 Å². The van der Waals surface area contributed by atoms with E-state index in [9.17, 15) is 4.79 Å². The van der Waals surface area contributed by atoms with Crippen LogP contribution in [0.2, 0.25) is 0 Å². The van der Waals surface area contributed by atoms with Crippen molar-refractivity contribution in [3.05, 3.63) is 47.5 Å². The van der Waals surface area contributed by atoms with E-state index in [-0.39, 0.29) is 17.9 Å². The van der Waals surface area contributed by atoms with Gasteiger partial charge in [-0.15, -0.1) is 0 Å². The van der Waals surface area contributed by atoms with Crippen molar-refractivity contribution in [3.8, 4) is 0 Å². The van der Waals surface area contributed by atoms with Crippen molar-refractivity contribution >= 4 is 11.9 Å². The molecule has 4 heterocycles. The Labute approximate surface area is 167 Å². The van der Waals surface area contributed by atoms with E-state index in [2.05, 4.69) is 30.8 Å². The molecule has 2 saturated heterocycles. The van der Waals surface area contributed by atoms with Gasteiger partial charge in [0.05, 0.1) is 12.0 Å². The molecule has 0 bridgehead atoms. The van der Waals surface area contributed by atoms with Gasteiger partial charge in [-0.2, -0.15) is 0 Å². The van der Waals surface area contributed by atoms with Crippen LogP contribution < -0.4 is 4.90 Å². The number of amides is 1. The van der Waals surface area contributed by atoms with Crippen LogP contribution >= 0.6 is 0 Å². The molecule has 6 nitrogen and oxygen atoms in total. The number of likely N-dealkylation sites (tertiary alicyclic amines) is 1. The first-order valence-electron chi connectivity index (χ1n) is 10.4. The van der Waals surface area contributed by atoms with E-state index in [4.69, 9.17) is 0 Å². The number of aryl methyl sites for hydroxylation is 2. The van der Waals surface area contributed by atoms with Crippen molar-refractivity contribution in [1.29, 1.82) is 0 Å². The monoisotopic (exact) mass is 379 g/mol. The van der Waals surface area contributed by atoms with Gasteiger partial charge in [-0.1, -0.05) is 6.07 Å². The summed E-state index contributed by atoms with van der Waals surface area (Å²) in [6.45, 7) is 6.46. The van der Waals surface area contributed by atoms with Crippen LogP contribution in [0.4, 0.5) is 5.95 Å². The minimum Gasteiger partial charge on any atom is -0.340 e. The third-order valence-electron chi connectivity index (χ3n) is 5.88. The molecule has 1 amide bonds. The maximum Gasteiger partial charge on any atom is 0.227 e. The molecule has 2 aliphatic rings. The van der Waals surface area contributed by atoms with Gasteiger partial charge in [-0.25, -0.2) is 9.97 Å². The van der Waals surface area contributed by atoms with Crippen molar-refractivity contribution in [2.45, 2.75) is 52.0 Å². The summed E-state index contributed by atoms with van der Waals surface area (Å²) in [6, 6.07) is 6.21. The van der Waals surface area contributed by atoms with Crippen LogP contribution in [-0.2, 0) is 4.79 Å². The van der Waals surface area contributed by atoms with Gasteiger partial charge in [-0.3, -0.25) is 9.78 Å². The molecule has 6 heteroatoms. The summed E-state index contributed by atoms with van der Waals surface area (Å²) in [4.78, 5) is 31.3. The zero-order valence-electron chi connectivity index (χ0n) is 16.8. The van der Waals surface area contributed by atoms with Crippen LogP contribution in [0.1, 0.15) is 55.1 Å². The van der Waals surface area contributed by atoms with Gasteiger partial charge < -0.3 is 9.80 Å². The van der Waals surface area contributed by atoms with Crippen LogP contribution in [-0.4, -0.2) is 45.4 Å². The van der Waals surface area contributed by atoms with Crippen LogP contribution in [0, 0.1) is 19.8 Å². The van der Waals surface area contributed by atoms with Gasteiger partial charge in [-0.05, 0) is 63.6 Å². The number of anilines is 1. The molecule has 0 saturated carbocycles. The molecule has 2 aromatic heterocycles. The van der Waals surface area contributed by atoms with E-state index in [1.807, 2.05) is 32.2 Å². The highest BCUT2D eigenvalue weighted by molar-refractivity contribution is 5.80. The first-order valence-corrected chi connectivity index (χ1v) is 10.4. The number of hydrogen-bond acceptors (Lipinski definition) is 5. The Hall–Kier alpha value is -2.50. The summed E-state index contributed by atoms with van der Waals surface area (Å²) in [5.74, 6) is 1.05. The third-order valence-corrected chi connectivity index (χ3v) is 5.88. The average Bonchev–Trinajstić information content (AvgIpc) is 2.73. The molecule has 2 fully saturated rings. The lowest BCUT2D eigenvalue weighted by Gasteiger charge is -2.40. The number of rotatable bonds is 3. The van der Waals surface area contributed by atoms with Gasteiger partial charge in [0.1, 0.15) is 0 Å². The Kier molecular flexibility index (Phi) is 5.55. The lowest BCUT2D eigenvalue weighted by Crippen LogP contribution is -2.47. The number of piperidine rings is 2. The van der Waals surface area contributed by atoms with Crippen LogP contribution in [0.5, 0.6) is 0 Å². The molecule has 4 rings (SSSR count). The summed E-state index contributed by atoms with van der Waals surface area (Å²) >= 11 is 0. The summed E-state index contributed by atoms with van der Waals surface area (Å²) in [5, 5.41) is 0. The van der Waals surface area contributed by atoms with E-state index in [0.29, 0.717) is 6.54 Å². The average molecular weight is 380 g/mol. The molecule has 0 aromatic carbocycles. The predicted molar refractivity (Wildman–Crippen MR) is 109 cm³/mol. The zero-order valence-corrected chi connectivity index (χ0v) is 16.8. The maximum atomic E-state index is 13.5. The van der Waals surface area contributed by atoms with Gasteiger partial charge in [0.2, 0.25) is 11.9 Å². The van der Waals surface area contributed by atoms with Gasteiger partial charge >= 0.3 is 0 Å². The second-order valence-corrected chi connectivity index (χ2v) is 8.07. The molecule has 148 valence electrons. The summed E-state index contributed by atoms with van der Waals surface area (Å²) in [6.07, 6.45) is 8.91. The second kappa shape index (κ2) is 8.25. The normalized spacial score (nSPS) is 22.9. The Bertz CT molecular complexity index is 805. The molecular formula is C22H29N5O. The SMILES string of the molecule is Cc1cc(C)nc(N2CCCC(C(=O)N3CCCCC3c3cccnc3)C2)n1. The summed E-state index contributed by atoms with van der Waals surface area (Å²) in [7, 11) is 0. The molecule has 0 radical (unpaired) electrons. The molecule has 2 aliphatic heterocycles. The summed E-state index contributed by atoms with van der Waals surface area (Å²) in [5.41, 5.74) is 3.10. The van der Waals surface area contributed by atoms with Gasteiger partial charge in [0.25, 0.3) is 0 Å². The quantitative estimate of drug-likeness (QED) is 0.817. The molecule has 28 heavy (non-hydrogen) atoms. The number of pyridine rings is 1. The fourth-order valence-electron chi connectivity index (χ4n) is 4.56. The summed E-state index contributed by atoms with van der Waals surface area (Å²) < 4.78 is 0. The highest BCUT2D eigenvalue weighted by Gasteiger charge is 2.35. The number of carbonyl (C=O) groups is 1. The fraction of sp³-hybridized carbons (Fsp3) is 0.545. The molecule has 2 atom stereocenters. The first-order chi connectivity index (χ1) is 13.6. The zero-order chi connectivity index (χ0) is 19.5. The van der Waals surface area contributed by atoms with E-state index in [1.165, 1.54) is 0 Å². The van der Waals surface area contributed by atoms with Crippen LogP contribution in [0.15, 0.2) is 30.6 Å². The van der Waals surface area contributed by atoms with E-state index < -0.39 is 0 Å². The van der Waals surface area contributed by atoms with Crippen molar-refractivity contribution in [2.75, 3.05) is 24.5 Å². The van der Waals surface area contributed by atoms with Gasteiger partial charge in [0, 0.05) is 43.4 Å². The molecule has 0 N–H and O–H groups in total. The van der Waals surface area contributed by atoms with E-state index >= 15 is 0 Å². The Morgan fingerprint density at radius 1 is 1.07 bits per heavy atom. The van der Waals surface area contributed by atoms with Crippen molar-refractivity contribution in [3.63, 3.8) is 0 Å². The molecule has 2 aromatic rings. The van der Waals surface area contributed by atoms with Crippen LogP contribution in [0.3, 0.4) is 0 Å². The van der Waals surface area contributed by atoms with E-state index in [0.717, 1.165) is 68.1 Å². The predicted octanol–water partition coefficient (Wildman–Crippen LogP) is 3.46. The van der Waals surface area contributed by atoms with Crippen molar-refractivity contribution < 1.29 is 4.79 Å². The van der Waals surface area contributed by atoms with Crippen LogP contribution in [0.25, 0.3) is 0 Å². The largest absolute Gasteiger partial charge is 0.340 e. The molecule has 0 spiro atoms. The van der Waals surface area contributed by atoms with E-state index in [1.54, 1.807) is 6.20 Å². The Morgan fingerprint density at radius 2 is 1.89 bits per heavy atom. The number of hydrogen-bond donors (Lipinski definition) is 0. The number of aromatic nitrogens is 3. The third kappa shape index (κ3) is 4.01. The lowest BCUT2D eigenvalue weighted by atomic mass is 9.91. The lowest BCUT2D eigenvalue weighted by molar-refractivity contribution is -0.139. The smallest absolute Gasteiger partial charge is 0.227 e. The highest BCUT2D eigenvalue weighted by atomic mass is 16.2. The first kappa shape index (κ1) is 18.8. The highest BCUT2D eigenvalue weighted by Crippen LogP contribution is 2.33. The van der Waals surface area contributed by atoms with Crippen molar-refractivity contribution in [1.82, 2.24) is 19.9 Å². The fourth-order valence-corrected chi connectivity index (χ4v) is 4.56.